The Labute approximate surface area is 161 Å². The summed E-state index contributed by atoms with van der Waals surface area (Å²) in [6.45, 7) is 0.119. The van der Waals surface area contributed by atoms with Crippen molar-refractivity contribution in [1.29, 1.82) is 5.26 Å². The van der Waals surface area contributed by atoms with Crippen LogP contribution in [0.1, 0.15) is 29.2 Å². The number of hydrogen-bond acceptors (Lipinski definition) is 7. The molecule has 0 bridgehead atoms. The minimum atomic E-state index is -1.45. The van der Waals surface area contributed by atoms with E-state index in [0.717, 1.165) is 17.7 Å². The molecule has 2 rings (SSSR count). The second-order valence-corrected chi connectivity index (χ2v) is 5.97. The van der Waals surface area contributed by atoms with Crippen LogP contribution in [-0.2, 0) is 11.3 Å². The topological polar surface area (TPSA) is 146 Å². The molecule has 0 spiro atoms. The summed E-state index contributed by atoms with van der Waals surface area (Å²) >= 11 is 0. The molecule has 1 amide bonds. The lowest BCUT2D eigenvalue weighted by Gasteiger charge is -2.18. The molecule has 2 aromatic rings. The number of nitro benzene ring substituents is 1. The van der Waals surface area contributed by atoms with Gasteiger partial charge in [-0.1, -0.05) is 30.3 Å². The van der Waals surface area contributed by atoms with Gasteiger partial charge in [-0.25, -0.2) is 4.79 Å². The molecule has 2 atom stereocenters. The highest BCUT2D eigenvalue weighted by molar-refractivity contribution is 5.67. The zero-order valence-corrected chi connectivity index (χ0v) is 14.8. The monoisotopic (exact) mass is 385 g/mol. The zero-order valence-electron chi connectivity index (χ0n) is 14.8. The van der Waals surface area contributed by atoms with Crippen molar-refractivity contribution < 1.29 is 24.7 Å². The molecule has 0 saturated carbocycles. The number of nitriles is 1. The largest absolute Gasteiger partial charge is 0.445 e. The van der Waals surface area contributed by atoms with Gasteiger partial charge in [0.1, 0.15) is 12.7 Å². The van der Waals surface area contributed by atoms with Crippen molar-refractivity contribution >= 4 is 11.8 Å². The summed E-state index contributed by atoms with van der Waals surface area (Å²) in [5.74, 6) is 0. The first kappa shape index (κ1) is 20.8. The van der Waals surface area contributed by atoms with E-state index in [2.05, 4.69) is 5.32 Å². The Bertz CT molecular complexity index is 866. The maximum absolute atomic E-state index is 11.7. The lowest BCUT2D eigenvalue weighted by atomic mass is 9.99. The molecule has 0 radical (unpaired) electrons. The van der Waals surface area contributed by atoms with Crippen LogP contribution in [0.2, 0.25) is 0 Å². The Kier molecular flexibility index (Phi) is 7.45. The first-order valence-electron chi connectivity index (χ1n) is 8.41. The van der Waals surface area contributed by atoms with E-state index < -0.39 is 23.2 Å². The molecule has 2 unspecified atom stereocenters. The molecule has 3 N–H and O–H groups in total. The summed E-state index contributed by atoms with van der Waals surface area (Å²) in [6, 6.07) is 14.3. The van der Waals surface area contributed by atoms with Crippen molar-refractivity contribution in [1.82, 2.24) is 5.32 Å². The summed E-state index contributed by atoms with van der Waals surface area (Å²) in [7, 11) is 0. The molecule has 0 heterocycles. The third kappa shape index (κ3) is 6.05. The number of rotatable bonds is 8. The van der Waals surface area contributed by atoms with E-state index in [4.69, 9.17) is 10.00 Å². The zero-order chi connectivity index (χ0) is 20.5. The molecular formula is C19H19N3O6. The van der Waals surface area contributed by atoms with Gasteiger partial charge in [0, 0.05) is 18.7 Å². The third-order valence-corrected chi connectivity index (χ3v) is 3.91. The molecule has 9 heteroatoms. The quantitative estimate of drug-likeness (QED) is 0.466. The van der Waals surface area contributed by atoms with Gasteiger partial charge < -0.3 is 20.3 Å². The summed E-state index contributed by atoms with van der Waals surface area (Å²) in [6.07, 6.45) is -3.45. The van der Waals surface area contributed by atoms with Crippen LogP contribution in [0.5, 0.6) is 0 Å². The van der Waals surface area contributed by atoms with Gasteiger partial charge in [-0.15, -0.1) is 0 Å². The van der Waals surface area contributed by atoms with E-state index in [1.807, 2.05) is 30.3 Å². The Hall–Kier alpha value is -3.48. The van der Waals surface area contributed by atoms with E-state index in [9.17, 15) is 25.1 Å². The minimum Gasteiger partial charge on any atom is -0.445 e. The van der Waals surface area contributed by atoms with Gasteiger partial charge in [-0.3, -0.25) is 10.1 Å². The van der Waals surface area contributed by atoms with Crippen molar-refractivity contribution in [3.63, 3.8) is 0 Å². The summed E-state index contributed by atoms with van der Waals surface area (Å²) in [5, 5.41) is 42.6. The van der Waals surface area contributed by atoms with Crippen molar-refractivity contribution in [2.75, 3.05) is 6.54 Å². The molecule has 2 aromatic carbocycles. The van der Waals surface area contributed by atoms with Gasteiger partial charge >= 0.3 is 6.09 Å². The molecule has 146 valence electrons. The van der Waals surface area contributed by atoms with Crippen molar-refractivity contribution in [3.8, 4) is 6.07 Å². The van der Waals surface area contributed by atoms with Crippen LogP contribution in [-0.4, -0.2) is 33.9 Å². The normalized spacial score (nSPS) is 12.5. The van der Waals surface area contributed by atoms with Gasteiger partial charge in [0.05, 0.1) is 22.7 Å². The Morgan fingerprint density at radius 3 is 2.61 bits per heavy atom. The van der Waals surface area contributed by atoms with E-state index in [1.54, 1.807) is 6.07 Å². The van der Waals surface area contributed by atoms with Crippen LogP contribution in [0, 0.1) is 21.4 Å². The molecule has 0 aliphatic carbocycles. The second kappa shape index (κ2) is 10.0. The highest BCUT2D eigenvalue weighted by Crippen LogP contribution is 2.25. The number of nitrogens with zero attached hydrogens (tertiary/aromatic N) is 2. The summed E-state index contributed by atoms with van der Waals surface area (Å²) in [4.78, 5) is 21.9. The average molecular weight is 385 g/mol. The predicted octanol–water partition coefficient (Wildman–Crippen LogP) is 2.18. The molecule has 0 aromatic heterocycles. The standard InChI is InChI=1S/C19H19N3O6/c20-11-14-8-15(10-16(9-14)22(26)27)18(24)17(23)6-7-21-19(25)28-12-13-4-2-1-3-5-13/h1-5,8-10,17-18,23-24H,6-7,12H2,(H,21,25). The molecular weight excluding hydrogens is 366 g/mol. The van der Waals surface area contributed by atoms with Gasteiger partial charge in [-0.05, 0) is 23.6 Å². The number of carbonyl (C=O) groups is 1. The van der Waals surface area contributed by atoms with Gasteiger partial charge in [0.25, 0.3) is 5.69 Å². The molecule has 28 heavy (non-hydrogen) atoms. The minimum absolute atomic E-state index is 0.00179. The fourth-order valence-corrected chi connectivity index (χ4v) is 2.45. The van der Waals surface area contributed by atoms with E-state index in [1.165, 1.54) is 6.07 Å². The number of alkyl carbamates (subject to hydrolysis) is 1. The maximum Gasteiger partial charge on any atom is 0.407 e. The number of aliphatic hydroxyl groups is 2. The van der Waals surface area contributed by atoms with E-state index >= 15 is 0 Å². The van der Waals surface area contributed by atoms with E-state index in [0.29, 0.717) is 0 Å². The van der Waals surface area contributed by atoms with Crippen molar-refractivity contribution in [2.45, 2.75) is 25.2 Å². The number of non-ortho nitro benzene ring substituents is 1. The number of amides is 1. The van der Waals surface area contributed by atoms with Crippen LogP contribution in [0.4, 0.5) is 10.5 Å². The lowest BCUT2D eigenvalue weighted by Crippen LogP contribution is -2.29. The molecule has 9 nitrogen and oxygen atoms in total. The average Bonchev–Trinajstić information content (AvgIpc) is 2.71. The number of hydrogen-bond donors (Lipinski definition) is 3. The first-order chi connectivity index (χ1) is 13.4. The Balaban J connectivity index is 1.84. The van der Waals surface area contributed by atoms with Crippen LogP contribution < -0.4 is 5.32 Å². The highest BCUT2D eigenvalue weighted by Gasteiger charge is 2.22. The smallest absolute Gasteiger partial charge is 0.407 e. The molecule has 0 aliphatic rings. The third-order valence-electron chi connectivity index (χ3n) is 3.91. The first-order valence-corrected chi connectivity index (χ1v) is 8.41. The Morgan fingerprint density at radius 1 is 1.25 bits per heavy atom. The molecule has 0 fully saturated rings. The predicted molar refractivity (Wildman–Crippen MR) is 98.0 cm³/mol. The van der Waals surface area contributed by atoms with Crippen LogP contribution in [0.3, 0.4) is 0 Å². The maximum atomic E-state index is 11.7. The number of benzene rings is 2. The van der Waals surface area contributed by atoms with Crippen molar-refractivity contribution in [2.24, 2.45) is 0 Å². The van der Waals surface area contributed by atoms with E-state index in [-0.39, 0.29) is 36.4 Å². The SMILES string of the molecule is N#Cc1cc(C(O)C(O)CCNC(=O)OCc2ccccc2)cc([N+](=O)[O-])c1. The second-order valence-electron chi connectivity index (χ2n) is 5.97. The fourth-order valence-electron chi connectivity index (χ4n) is 2.45. The number of ether oxygens (including phenoxy) is 1. The van der Waals surface area contributed by atoms with Crippen LogP contribution in [0.25, 0.3) is 0 Å². The number of nitro groups is 1. The van der Waals surface area contributed by atoms with Gasteiger partial charge in [0.15, 0.2) is 0 Å². The Morgan fingerprint density at radius 2 is 1.96 bits per heavy atom. The number of carbonyl (C=O) groups excluding carboxylic acids is 1. The van der Waals surface area contributed by atoms with Gasteiger partial charge in [-0.2, -0.15) is 5.26 Å². The summed E-state index contributed by atoms with van der Waals surface area (Å²) in [5.41, 5.74) is 0.512. The molecule has 0 saturated heterocycles. The highest BCUT2D eigenvalue weighted by atomic mass is 16.6. The van der Waals surface area contributed by atoms with Crippen LogP contribution in [0.15, 0.2) is 48.5 Å². The summed E-state index contributed by atoms with van der Waals surface area (Å²) < 4.78 is 5.02. The fraction of sp³-hybridized carbons (Fsp3) is 0.263. The molecule has 0 aliphatic heterocycles. The van der Waals surface area contributed by atoms with Crippen molar-refractivity contribution in [3.05, 3.63) is 75.3 Å². The number of aliphatic hydroxyl groups excluding tert-OH is 2. The van der Waals surface area contributed by atoms with Gasteiger partial charge in [0.2, 0.25) is 0 Å². The number of nitrogens with one attached hydrogen (secondary N) is 1. The van der Waals surface area contributed by atoms with Crippen LogP contribution >= 0.6 is 0 Å². The lowest BCUT2D eigenvalue weighted by molar-refractivity contribution is -0.385.